The SMILES string of the molecule is CCCc1cc2c(C(F)(F)F)noc2c(CCC)c1OC(C)(C)C(=O)O. The molecule has 0 aliphatic rings. The van der Waals surface area contributed by atoms with Gasteiger partial charge >= 0.3 is 12.1 Å². The molecule has 0 aliphatic carbocycles. The molecule has 8 heteroatoms. The van der Waals surface area contributed by atoms with Gasteiger partial charge in [0.2, 0.25) is 0 Å². The Hall–Kier alpha value is -2.25. The van der Waals surface area contributed by atoms with E-state index in [1.807, 2.05) is 13.8 Å². The van der Waals surface area contributed by atoms with Crippen LogP contribution in [-0.2, 0) is 23.8 Å². The Morgan fingerprint density at radius 2 is 1.85 bits per heavy atom. The molecule has 26 heavy (non-hydrogen) atoms. The van der Waals surface area contributed by atoms with E-state index in [1.54, 1.807) is 0 Å². The lowest BCUT2D eigenvalue weighted by Crippen LogP contribution is -2.38. The van der Waals surface area contributed by atoms with Crippen LogP contribution in [0.5, 0.6) is 5.75 Å². The molecule has 2 aromatic rings. The largest absolute Gasteiger partial charge is 0.478 e. The van der Waals surface area contributed by atoms with Gasteiger partial charge in [-0.25, -0.2) is 4.79 Å². The number of halogens is 3. The molecule has 0 amide bonds. The summed E-state index contributed by atoms with van der Waals surface area (Å²) in [5, 5.41) is 12.4. The minimum absolute atomic E-state index is 0.00443. The van der Waals surface area contributed by atoms with Crippen LogP contribution in [0.2, 0.25) is 0 Å². The average Bonchev–Trinajstić information content (AvgIpc) is 2.94. The molecule has 2 rings (SSSR count). The minimum atomic E-state index is -4.64. The lowest BCUT2D eigenvalue weighted by molar-refractivity contribution is -0.152. The first-order valence-electron chi connectivity index (χ1n) is 8.46. The third-order valence-electron chi connectivity index (χ3n) is 4.05. The predicted molar refractivity (Wildman–Crippen MR) is 89.3 cm³/mol. The zero-order valence-electron chi connectivity index (χ0n) is 15.2. The number of nitrogens with zero attached hydrogens (tertiary/aromatic N) is 1. The summed E-state index contributed by atoms with van der Waals surface area (Å²) < 4.78 is 50.5. The summed E-state index contributed by atoms with van der Waals surface area (Å²) in [6.07, 6.45) is -2.53. The fourth-order valence-corrected chi connectivity index (χ4v) is 2.75. The van der Waals surface area contributed by atoms with E-state index in [-0.39, 0.29) is 16.7 Å². The number of hydrogen-bond donors (Lipinski definition) is 1. The van der Waals surface area contributed by atoms with Crippen LogP contribution in [-0.4, -0.2) is 21.8 Å². The molecule has 0 fully saturated rings. The zero-order chi connectivity index (χ0) is 19.7. The van der Waals surface area contributed by atoms with E-state index in [4.69, 9.17) is 9.26 Å². The first-order chi connectivity index (χ1) is 12.0. The molecule has 0 unspecified atom stereocenters. The van der Waals surface area contributed by atoms with Crippen molar-refractivity contribution in [3.63, 3.8) is 0 Å². The molecule has 0 bridgehead atoms. The van der Waals surface area contributed by atoms with Gasteiger partial charge in [-0.05, 0) is 38.3 Å². The first kappa shape index (κ1) is 20.1. The number of aromatic nitrogens is 1. The average molecular weight is 373 g/mol. The van der Waals surface area contributed by atoms with Crippen LogP contribution in [0, 0.1) is 0 Å². The fourth-order valence-electron chi connectivity index (χ4n) is 2.75. The third kappa shape index (κ3) is 3.78. The Labute approximate surface area is 149 Å². The van der Waals surface area contributed by atoms with Crippen LogP contribution >= 0.6 is 0 Å². The van der Waals surface area contributed by atoms with E-state index in [2.05, 4.69) is 5.16 Å². The summed E-state index contributed by atoms with van der Waals surface area (Å²) in [5.41, 5.74) is -1.68. The fraction of sp³-hybridized carbons (Fsp3) is 0.556. The Morgan fingerprint density at radius 1 is 1.23 bits per heavy atom. The number of hydrogen-bond acceptors (Lipinski definition) is 4. The van der Waals surface area contributed by atoms with Crippen LogP contribution in [0.4, 0.5) is 13.2 Å². The van der Waals surface area contributed by atoms with Crippen molar-refractivity contribution in [3.05, 3.63) is 22.9 Å². The van der Waals surface area contributed by atoms with Crippen LogP contribution in [0.3, 0.4) is 0 Å². The van der Waals surface area contributed by atoms with Gasteiger partial charge in [-0.2, -0.15) is 13.2 Å². The van der Waals surface area contributed by atoms with Gasteiger partial charge in [0.1, 0.15) is 5.75 Å². The number of aliphatic carboxylic acids is 1. The van der Waals surface area contributed by atoms with E-state index < -0.39 is 23.4 Å². The van der Waals surface area contributed by atoms with Crippen molar-refractivity contribution in [3.8, 4) is 5.75 Å². The normalized spacial score (nSPS) is 12.6. The molecule has 1 N–H and O–H groups in total. The lowest BCUT2D eigenvalue weighted by atomic mass is 9.97. The maximum atomic E-state index is 13.2. The molecule has 0 saturated heterocycles. The Bertz CT molecular complexity index is 809. The monoisotopic (exact) mass is 373 g/mol. The van der Waals surface area contributed by atoms with Crippen LogP contribution in [0.25, 0.3) is 11.0 Å². The molecule has 0 radical (unpaired) electrons. The predicted octanol–water partition coefficient (Wildman–Crippen LogP) is 4.99. The number of alkyl halides is 3. The van der Waals surface area contributed by atoms with Crippen molar-refractivity contribution in [2.75, 3.05) is 0 Å². The van der Waals surface area contributed by atoms with Gasteiger partial charge in [0.25, 0.3) is 0 Å². The van der Waals surface area contributed by atoms with Crippen molar-refractivity contribution >= 4 is 16.9 Å². The molecule has 1 aromatic heterocycles. The maximum Gasteiger partial charge on any atom is 0.437 e. The third-order valence-corrected chi connectivity index (χ3v) is 4.05. The first-order valence-corrected chi connectivity index (χ1v) is 8.46. The molecule has 1 heterocycles. The van der Waals surface area contributed by atoms with Crippen molar-refractivity contribution in [1.82, 2.24) is 5.16 Å². The number of carboxylic acids is 1. The smallest absolute Gasteiger partial charge is 0.437 e. The zero-order valence-corrected chi connectivity index (χ0v) is 15.2. The van der Waals surface area contributed by atoms with Gasteiger partial charge in [0.15, 0.2) is 16.9 Å². The van der Waals surface area contributed by atoms with Gasteiger partial charge in [0, 0.05) is 5.56 Å². The van der Waals surface area contributed by atoms with Gasteiger partial charge in [-0.3, -0.25) is 0 Å². The van der Waals surface area contributed by atoms with Crippen LogP contribution in [0.1, 0.15) is 57.4 Å². The highest BCUT2D eigenvalue weighted by Crippen LogP contribution is 2.41. The molecular weight excluding hydrogens is 351 g/mol. The number of aryl methyl sites for hydroxylation is 2. The van der Waals surface area contributed by atoms with Crippen LogP contribution in [0.15, 0.2) is 10.6 Å². The molecular formula is C18H22F3NO4. The molecule has 0 aliphatic heterocycles. The van der Waals surface area contributed by atoms with Gasteiger partial charge in [-0.15, -0.1) is 0 Å². The summed E-state index contributed by atoms with van der Waals surface area (Å²) in [5.74, 6) is -0.894. The second-order valence-corrected chi connectivity index (χ2v) is 6.67. The number of benzene rings is 1. The van der Waals surface area contributed by atoms with E-state index in [9.17, 15) is 23.1 Å². The highest BCUT2D eigenvalue weighted by molar-refractivity contribution is 5.87. The van der Waals surface area contributed by atoms with E-state index in [0.29, 0.717) is 36.8 Å². The summed E-state index contributed by atoms with van der Waals surface area (Å²) in [6, 6.07) is 1.35. The number of ether oxygens (including phenoxy) is 1. The quantitative estimate of drug-likeness (QED) is 0.740. The van der Waals surface area contributed by atoms with Crippen molar-refractivity contribution in [2.45, 2.75) is 65.2 Å². The highest BCUT2D eigenvalue weighted by Gasteiger charge is 2.39. The summed E-state index contributed by atoms with van der Waals surface area (Å²) in [6.45, 7) is 6.54. The van der Waals surface area contributed by atoms with E-state index >= 15 is 0 Å². The maximum absolute atomic E-state index is 13.2. The molecule has 1 aromatic carbocycles. The minimum Gasteiger partial charge on any atom is -0.478 e. The van der Waals surface area contributed by atoms with E-state index in [1.165, 1.54) is 19.9 Å². The van der Waals surface area contributed by atoms with Gasteiger partial charge in [-0.1, -0.05) is 31.8 Å². The van der Waals surface area contributed by atoms with Crippen molar-refractivity contribution < 1.29 is 32.3 Å². The lowest BCUT2D eigenvalue weighted by Gasteiger charge is -2.25. The highest BCUT2D eigenvalue weighted by atomic mass is 19.4. The second kappa shape index (κ2) is 7.17. The molecule has 144 valence electrons. The summed E-state index contributed by atoms with van der Waals surface area (Å²) in [4.78, 5) is 11.5. The van der Waals surface area contributed by atoms with Gasteiger partial charge < -0.3 is 14.4 Å². The topological polar surface area (TPSA) is 72.6 Å². The summed E-state index contributed by atoms with van der Waals surface area (Å²) in [7, 11) is 0. The number of carbonyl (C=O) groups is 1. The molecule has 5 nitrogen and oxygen atoms in total. The van der Waals surface area contributed by atoms with E-state index in [0.717, 1.165) is 0 Å². The number of fused-ring (bicyclic) bond motifs is 1. The Balaban J connectivity index is 2.78. The van der Waals surface area contributed by atoms with Crippen molar-refractivity contribution in [1.29, 1.82) is 0 Å². The molecule has 0 atom stereocenters. The number of carboxylic acid groups (broad SMARTS) is 1. The second-order valence-electron chi connectivity index (χ2n) is 6.67. The molecule has 0 saturated carbocycles. The Kier molecular flexibility index (Phi) is 5.53. The molecule has 0 spiro atoms. The van der Waals surface area contributed by atoms with Crippen LogP contribution < -0.4 is 4.74 Å². The standard InChI is InChI=1S/C18H22F3NO4/c1-5-7-10-9-12-14(26-22-15(12)18(19,20)21)11(8-6-2)13(10)25-17(3,4)16(23)24/h9H,5-8H2,1-4H3,(H,23,24). The number of rotatable bonds is 7. The summed E-state index contributed by atoms with van der Waals surface area (Å²) >= 11 is 0. The Morgan fingerprint density at radius 3 is 2.35 bits per heavy atom. The van der Waals surface area contributed by atoms with Gasteiger partial charge in [0.05, 0.1) is 5.39 Å². The van der Waals surface area contributed by atoms with Crippen molar-refractivity contribution in [2.24, 2.45) is 0 Å².